The van der Waals surface area contributed by atoms with E-state index >= 15 is 0 Å². The Morgan fingerprint density at radius 2 is 1.90 bits per heavy atom. The molecule has 1 saturated carbocycles. The van der Waals surface area contributed by atoms with E-state index in [4.69, 9.17) is 5.73 Å². The second kappa shape index (κ2) is 7.59. The number of hydrogen-bond donors (Lipinski definition) is 2. The van der Waals surface area contributed by atoms with Crippen LogP contribution in [0.15, 0.2) is 28.7 Å². The summed E-state index contributed by atoms with van der Waals surface area (Å²) >= 11 is 3.45. The van der Waals surface area contributed by atoms with Crippen molar-refractivity contribution in [1.82, 2.24) is 5.32 Å². The van der Waals surface area contributed by atoms with Gasteiger partial charge < -0.3 is 11.1 Å². The number of nitrogens with one attached hydrogen (secondary N) is 1. The zero-order chi connectivity index (χ0) is 15.2. The van der Waals surface area contributed by atoms with Gasteiger partial charge in [-0.3, -0.25) is 9.59 Å². The molecule has 0 aromatic heterocycles. The third-order valence-electron chi connectivity index (χ3n) is 4.02. The molecular formula is C16H21BrN2O2. The molecule has 0 saturated heterocycles. The third kappa shape index (κ3) is 4.56. The van der Waals surface area contributed by atoms with E-state index in [0.717, 1.165) is 35.7 Å². The molecule has 1 atom stereocenters. The summed E-state index contributed by atoms with van der Waals surface area (Å²) in [6.45, 7) is 0. The molecule has 2 amide bonds. The summed E-state index contributed by atoms with van der Waals surface area (Å²) in [6, 6.07) is 7.00. The number of halogens is 1. The van der Waals surface area contributed by atoms with Crippen molar-refractivity contribution in [1.29, 1.82) is 0 Å². The van der Waals surface area contributed by atoms with Crippen molar-refractivity contribution in [2.24, 2.45) is 11.7 Å². The highest BCUT2D eigenvalue weighted by molar-refractivity contribution is 9.10. The van der Waals surface area contributed by atoms with E-state index in [-0.39, 0.29) is 11.8 Å². The fourth-order valence-electron chi connectivity index (χ4n) is 2.76. The van der Waals surface area contributed by atoms with Crippen molar-refractivity contribution in [2.75, 3.05) is 0 Å². The first-order chi connectivity index (χ1) is 10.1. The van der Waals surface area contributed by atoms with E-state index in [1.54, 1.807) is 0 Å². The van der Waals surface area contributed by atoms with Crippen molar-refractivity contribution >= 4 is 27.7 Å². The van der Waals surface area contributed by atoms with Crippen LogP contribution in [0.3, 0.4) is 0 Å². The summed E-state index contributed by atoms with van der Waals surface area (Å²) in [5, 5.41) is 2.83. The lowest BCUT2D eigenvalue weighted by Crippen LogP contribution is -2.48. The van der Waals surface area contributed by atoms with E-state index in [1.807, 2.05) is 24.3 Å². The van der Waals surface area contributed by atoms with Gasteiger partial charge in [-0.1, -0.05) is 53.4 Å². The number of hydrogen-bond acceptors (Lipinski definition) is 2. The van der Waals surface area contributed by atoms with Crippen molar-refractivity contribution in [3.63, 3.8) is 0 Å². The highest BCUT2D eigenvalue weighted by atomic mass is 79.9. The zero-order valence-electron chi connectivity index (χ0n) is 12.0. The first-order valence-electron chi connectivity index (χ1n) is 7.41. The molecule has 2 rings (SSSR count). The van der Waals surface area contributed by atoms with Crippen LogP contribution in [0, 0.1) is 5.92 Å². The van der Waals surface area contributed by atoms with Gasteiger partial charge in [-0.05, 0) is 24.5 Å². The molecule has 0 bridgehead atoms. The highest BCUT2D eigenvalue weighted by Crippen LogP contribution is 2.24. The molecule has 1 aromatic carbocycles. The summed E-state index contributed by atoms with van der Waals surface area (Å²) in [4.78, 5) is 23.9. The molecule has 1 fully saturated rings. The van der Waals surface area contributed by atoms with E-state index in [1.165, 1.54) is 6.42 Å². The second-order valence-electron chi connectivity index (χ2n) is 5.59. The Morgan fingerprint density at radius 3 is 2.52 bits per heavy atom. The summed E-state index contributed by atoms with van der Waals surface area (Å²) in [7, 11) is 0. The van der Waals surface area contributed by atoms with Crippen molar-refractivity contribution in [2.45, 2.75) is 44.6 Å². The van der Waals surface area contributed by atoms with Crippen LogP contribution in [0.5, 0.6) is 0 Å². The Bertz CT molecular complexity index is 513. The maximum Gasteiger partial charge on any atom is 0.240 e. The standard InChI is InChI=1S/C16H21BrN2O2/c17-13-9-5-4-8-12(13)10-14(15(18)20)19-16(21)11-6-2-1-3-7-11/h4-5,8-9,11,14H,1-3,6-7,10H2,(H2,18,20)(H,19,21)/t14-/m0/s1. The SMILES string of the molecule is NC(=O)[C@H](Cc1ccccc1Br)NC(=O)C1CCCCC1. The zero-order valence-corrected chi connectivity index (χ0v) is 13.6. The molecule has 1 aliphatic carbocycles. The predicted molar refractivity (Wildman–Crippen MR) is 85.5 cm³/mol. The molecule has 1 aromatic rings. The van der Waals surface area contributed by atoms with E-state index in [2.05, 4.69) is 21.2 Å². The summed E-state index contributed by atoms with van der Waals surface area (Å²) < 4.78 is 0.920. The molecular weight excluding hydrogens is 332 g/mol. The van der Waals surface area contributed by atoms with E-state index in [9.17, 15) is 9.59 Å². The fourth-order valence-corrected chi connectivity index (χ4v) is 3.21. The molecule has 5 heteroatoms. The molecule has 0 radical (unpaired) electrons. The number of carbonyl (C=O) groups excluding carboxylic acids is 2. The van der Waals surface area contributed by atoms with Gasteiger partial charge in [0, 0.05) is 16.8 Å². The van der Waals surface area contributed by atoms with Crippen molar-refractivity contribution < 1.29 is 9.59 Å². The summed E-state index contributed by atoms with van der Waals surface area (Å²) in [6.07, 6.45) is 5.60. The molecule has 21 heavy (non-hydrogen) atoms. The first-order valence-corrected chi connectivity index (χ1v) is 8.20. The Balaban J connectivity index is 2.00. The van der Waals surface area contributed by atoms with Crippen LogP contribution in [-0.4, -0.2) is 17.9 Å². The number of carbonyl (C=O) groups is 2. The number of primary amides is 1. The van der Waals surface area contributed by atoms with Crippen LogP contribution in [0.25, 0.3) is 0 Å². The first kappa shape index (κ1) is 16.0. The highest BCUT2D eigenvalue weighted by Gasteiger charge is 2.26. The normalized spacial score (nSPS) is 17.2. The van der Waals surface area contributed by atoms with Gasteiger partial charge in [0.25, 0.3) is 0 Å². The minimum atomic E-state index is -0.655. The van der Waals surface area contributed by atoms with Crippen LogP contribution < -0.4 is 11.1 Å². The fraction of sp³-hybridized carbons (Fsp3) is 0.500. The van der Waals surface area contributed by atoms with Gasteiger partial charge in [-0.2, -0.15) is 0 Å². The Kier molecular flexibility index (Phi) is 5.79. The van der Waals surface area contributed by atoms with Crippen LogP contribution in [0.4, 0.5) is 0 Å². The molecule has 0 unspecified atom stereocenters. The lowest BCUT2D eigenvalue weighted by Gasteiger charge is -2.23. The average Bonchev–Trinajstić information content (AvgIpc) is 2.49. The van der Waals surface area contributed by atoms with Gasteiger partial charge in [0.15, 0.2) is 0 Å². The maximum absolute atomic E-state index is 12.3. The third-order valence-corrected chi connectivity index (χ3v) is 4.79. The maximum atomic E-state index is 12.3. The summed E-state index contributed by atoms with van der Waals surface area (Å²) in [5.74, 6) is -0.500. The van der Waals surface area contributed by atoms with Gasteiger partial charge in [-0.15, -0.1) is 0 Å². The van der Waals surface area contributed by atoms with Gasteiger partial charge in [0.2, 0.25) is 11.8 Å². The molecule has 0 heterocycles. The van der Waals surface area contributed by atoms with Crippen LogP contribution in [0.1, 0.15) is 37.7 Å². The van der Waals surface area contributed by atoms with Crippen molar-refractivity contribution in [3.05, 3.63) is 34.3 Å². The minimum Gasteiger partial charge on any atom is -0.368 e. The molecule has 1 aliphatic rings. The molecule has 4 nitrogen and oxygen atoms in total. The summed E-state index contributed by atoms with van der Waals surface area (Å²) in [5.41, 5.74) is 6.41. The van der Waals surface area contributed by atoms with Crippen molar-refractivity contribution in [3.8, 4) is 0 Å². The lowest BCUT2D eigenvalue weighted by atomic mass is 9.88. The Labute approximate surface area is 133 Å². The monoisotopic (exact) mass is 352 g/mol. The smallest absolute Gasteiger partial charge is 0.240 e. The number of amides is 2. The van der Waals surface area contributed by atoms with Gasteiger partial charge in [0.1, 0.15) is 6.04 Å². The minimum absolute atomic E-state index is 0.0276. The number of rotatable bonds is 5. The van der Waals surface area contributed by atoms with E-state index < -0.39 is 11.9 Å². The van der Waals surface area contributed by atoms with Gasteiger partial charge >= 0.3 is 0 Å². The molecule has 0 spiro atoms. The molecule has 3 N–H and O–H groups in total. The topological polar surface area (TPSA) is 72.2 Å². The van der Waals surface area contributed by atoms with E-state index in [0.29, 0.717) is 6.42 Å². The lowest BCUT2D eigenvalue weighted by molar-refractivity contribution is -0.130. The predicted octanol–water partition coefficient (Wildman–Crippen LogP) is 2.54. The Morgan fingerprint density at radius 1 is 1.24 bits per heavy atom. The molecule has 114 valence electrons. The van der Waals surface area contributed by atoms with Crippen LogP contribution in [0.2, 0.25) is 0 Å². The van der Waals surface area contributed by atoms with Crippen LogP contribution >= 0.6 is 15.9 Å². The van der Waals surface area contributed by atoms with Gasteiger partial charge in [-0.25, -0.2) is 0 Å². The largest absolute Gasteiger partial charge is 0.368 e. The van der Waals surface area contributed by atoms with Crippen LogP contribution in [-0.2, 0) is 16.0 Å². The average molecular weight is 353 g/mol. The quantitative estimate of drug-likeness (QED) is 0.854. The second-order valence-corrected chi connectivity index (χ2v) is 6.45. The number of nitrogens with two attached hydrogens (primary N) is 1. The number of benzene rings is 1. The Hall–Kier alpha value is -1.36. The molecule has 0 aliphatic heterocycles. The van der Waals surface area contributed by atoms with Gasteiger partial charge in [0.05, 0.1) is 0 Å².